The molecule has 0 aliphatic heterocycles. The molecule has 0 aliphatic rings. The van der Waals surface area contributed by atoms with Crippen LogP contribution in [0.5, 0.6) is 5.88 Å². The van der Waals surface area contributed by atoms with Crippen molar-refractivity contribution in [1.29, 1.82) is 0 Å². The van der Waals surface area contributed by atoms with Gasteiger partial charge < -0.3 is 5.11 Å². The molecule has 0 fully saturated rings. The van der Waals surface area contributed by atoms with Crippen molar-refractivity contribution in [3.05, 3.63) is 27.3 Å². The van der Waals surface area contributed by atoms with Gasteiger partial charge >= 0.3 is 0 Å². The van der Waals surface area contributed by atoms with Crippen molar-refractivity contribution in [3.63, 3.8) is 0 Å². The molecule has 0 aromatic carbocycles. The molecule has 0 saturated heterocycles. The van der Waals surface area contributed by atoms with Crippen LogP contribution >= 0.6 is 12.2 Å². The molecule has 0 bridgehead atoms. The van der Waals surface area contributed by atoms with Crippen LogP contribution in [0.2, 0.25) is 0 Å². The highest BCUT2D eigenvalue weighted by Crippen LogP contribution is 2.14. The van der Waals surface area contributed by atoms with E-state index in [1.54, 1.807) is 0 Å². The molecule has 0 aliphatic carbocycles. The number of rotatable bonds is 3. The highest BCUT2D eigenvalue weighted by molar-refractivity contribution is 7.71. The van der Waals surface area contributed by atoms with E-state index < -0.39 is 0 Å². The Labute approximate surface area is 93.1 Å². The molecule has 1 N–H and O–H groups in total. The normalized spacial score (nSPS) is 10.3. The molecule has 0 radical (unpaired) electrons. The Morgan fingerprint density at radius 3 is 2.33 bits per heavy atom. The molecule has 5 heteroatoms. The number of hydrogen-bond acceptors (Lipinski definition) is 3. The molecule has 82 valence electrons. The molecule has 0 amide bonds. The molecule has 1 rings (SSSR count). The Balaban J connectivity index is 3.81. The minimum Gasteiger partial charge on any atom is -0.494 e. The number of aromatic nitrogens is 2. The van der Waals surface area contributed by atoms with Gasteiger partial charge in [0.05, 0.1) is 5.56 Å². The molecule has 1 aromatic heterocycles. The third-order valence-corrected chi connectivity index (χ3v) is 2.71. The number of nitrogens with zero attached hydrogens (tertiary/aromatic N) is 2. The van der Waals surface area contributed by atoms with Crippen molar-refractivity contribution >= 4 is 18.3 Å². The average Bonchev–Trinajstić information content (AvgIpc) is 2.19. The van der Waals surface area contributed by atoms with Gasteiger partial charge in [-0.05, 0) is 26.1 Å². The molecule has 1 heterocycles. The third kappa shape index (κ3) is 1.74. The molecular formula is C10H14N2O2S. The van der Waals surface area contributed by atoms with Gasteiger partial charge in [0.15, 0.2) is 4.77 Å². The largest absolute Gasteiger partial charge is 0.494 e. The van der Waals surface area contributed by atoms with E-state index in [4.69, 9.17) is 12.2 Å². The predicted octanol–water partition coefficient (Wildman–Crippen LogP) is 1.77. The molecule has 0 saturated carbocycles. The maximum Gasteiger partial charge on any atom is 0.265 e. The van der Waals surface area contributed by atoms with Gasteiger partial charge in [-0.15, -0.1) is 0 Å². The van der Waals surface area contributed by atoms with Gasteiger partial charge in [0.1, 0.15) is 0 Å². The van der Waals surface area contributed by atoms with Crippen LogP contribution in [-0.4, -0.2) is 14.2 Å². The molecule has 0 unspecified atom stereocenters. The summed E-state index contributed by atoms with van der Waals surface area (Å²) in [6, 6.07) is 0. The highest BCUT2D eigenvalue weighted by Gasteiger charge is 2.12. The number of hydrogen-bond donors (Lipinski definition) is 1. The van der Waals surface area contributed by atoms with Crippen molar-refractivity contribution in [1.82, 2.24) is 9.13 Å². The van der Waals surface area contributed by atoms with E-state index in [1.807, 2.05) is 13.8 Å². The minimum atomic E-state index is -0.292. The van der Waals surface area contributed by atoms with E-state index in [9.17, 15) is 9.90 Å². The third-order valence-electron chi connectivity index (χ3n) is 2.27. The van der Waals surface area contributed by atoms with Crippen molar-refractivity contribution in [2.24, 2.45) is 0 Å². The molecule has 0 spiro atoms. The Bertz CT molecular complexity index is 499. The maximum atomic E-state index is 11.8. The summed E-state index contributed by atoms with van der Waals surface area (Å²) in [7, 11) is 0. The van der Waals surface area contributed by atoms with Gasteiger partial charge in [0, 0.05) is 13.1 Å². The van der Waals surface area contributed by atoms with E-state index in [1.165, 1.54) is 15.2 Å². The van der Waals surface area contributed by atoms with Crippen LogP contribution in [0.25, 0.3) is 6.08 Å². The van der Waals surface area contributed by atoms with Crippen LogP contribution in [0.1, 0.15) is 19.4 Å². The van der Waals surface area contributed by atoms with E-state index in [0.29, 0.717) is 17.9 Å². The van der Waals surface area contributed by atoms with Gasteiger partial charge in [-0.3, -0.25) is 13.9 Å². The van der Waals surface area contributed by atoms with Gasteiger partial charge in [-0.25, -0.2) is 0 Å². The van der Waals surface area contributed by atoms with Crippen molar-refractivity contribution in [2.75, 3.05) is 0 Å². The van der Waals surface area contributed by atoms with Gasteiger partial charge in [0.2, 0.25) is 5.88 Å². The maximum absolute atomic E-state index is 11.8. The monoisotopic (exact) mass is 226 g/mol. The first-order valence-corrected chi connectivity index (χ1v) is 5.18. The summed E-state index contributed by atoms with van der Waals surface area (Å²) in [5, 5.41) is 9.78. The topological polar surface area (TPSA) is 47.2 Å². The van der Waals surface area contributed by atoms with Crippen LogP contribution < -0.4 is 5.56 Å². The summed E-state index contributed by atoms with van der Waals surface area (Å²) >= 11 is 5.10. The second-order valence-corrected chi connectivity index (χ2v) is 3.38. The fourth-order valence-corrected chi connectivity index (χ4v) is 1.88. The number of aromatic hydroxyl groups is 1. The summed E-state index contributed by atoms with van der Waals surface area (Å²) in [5.74, 6) is -0.104. The fraction of sp³-hybridized carbons (Fsp3) is 0.400. The van der Waals surface area contributed by atoms with Crippen molar-refractivity contribution in [2.45, 2.75) is 26.9 Å². The lowest BCUT2D eigenvalue weighted by atomic mass is 10.3. The van der Waals surface area contributed by atoms with E-state index in [0.717, 1.165) is 0 Å². The molecular weight excluding hydrogens is 212 g/mol. The first-order chi connectivity index (χ1) is 7.08. The predicted molar refractivity (Wildman–Crippen MR) is 62.6 cm³/mol. The summed E-state index contributed by atoms with van der Waals surface area (Å²) < 4.78 is 3.29. The molecule has 15 heavy (non-hydrogen) atoms. The zero-order valence-electron chi connectivity index (χ0n) is 8.86. The smallest absolute Gasteiger partial charge is 0.265 e. The minimum absolute atomic E-state index is 0.104. The lowest BCUT2D eigenvalue weighted by Crippen LogP contribution is -2.26. The van der Waals surface area contributed by atoms with Crippen LogP contribution in [0.4, 0.5) is 0 Å². The Kier molecular flexibility index (Phi) is 3.47. The zero-order chi connectivity index (χ0) is 11.6. The summed E-state index contributed by atoms with van der Waals surface area (Å²) in [6.45, 7) is 8.21. The van der Waals surface area contributed by atoms with Gasteiger partial charge in [-0.2, -0.15) is 0 Å². The molecule has 0 atom stereocenters. The second kappa shape index (κ2) is 4.44. The van der Waals surface area contributed by atoms with Gasteiger partial charge in [0.25, 0.3) is 5.56 Å². The highest BCUT2D eigenvalue weighted by atomic mass is 32.1. The fourth-order valence-electron chi connectivity index (χ4n) is 1.45. The van der Waals surface area contributed by atoms with Crippen LogP contribution in [0, 0.1) is 4.77 Å². The first-order valence-electron chi connectivity index (χ1n) is 4.77. The quantitative estimate of drug-likeness (QED) is 0.799. The Morgan fingerprint density at radius 2 is 1.93 bits per heavy atom. The zero-order valence-corrected chi connectivity index (χ0v) is 9.67. The first kappa shape index (κ1) is 11.7. The van der Waals surface area contributed by atoms with E-state index in [-0.39, 0.29) is 17.0 Å². The SMILES string of the molecule is C=Cc1c(O)n(CC)c(=S)n(CC)c1=O. The lowest BCUT2D eigenvalue weighted by molar-refractivity contribution is 0.399. The Morgan fingerprint density at radius 1 is 1.40 bits per heavy atom. The summed E-state index contributed by atoms with van der Waals surface area (Å²) in [4.78, 5) is 11.8. The van der Waals surface area contributed by atoms with Gasteiger partial charge in [-0.1, -0.05) is 12.7 Å². The molecule has 4 nitrogen and oxygen atoms in total. The van der Waals surface area contributed by atoms with Crippen LogP contribution in [0.3, 0.4) is 0 Å². The van der Waals surface area contributed by atoms with E-state index >= 15 is 0 Å². The average molecular weight is 226 g/mol. The second-order valence-electron chi connectivity index (χ2n) is 3.02. The van der Waals surface area contributed by atoms with Crippen LogP contribution in [0.15, 0.2) is 11.4 Å². The standard InChI is InChI=1S/C10H14N2O2S/c1-4-7-8(13)11(5-2)10(15)12(6-3)9(7)14/h4,13H,1,5-6H2,2-3H3. The summed E-state index contributed by atoms with van der Waals surface area (Å²) in [5.41, 5.74) is -0.0907. The van der Waals surface area contributed by atoms with Crippen molar-refractivity contribution in [3.8, 4) is 5.88 Å². The Hall–Kier alpha value is -1.36. The molecule has 1 aromatic rings. The van der Waals surface area contributed by atoms with Crippen LogP contribution in [-0.2, 0) is 13.1 Å². The van der Waals surface area contributed by atoms with E-state index in [2.05, 4.69) is 6.58 Å². The summed E-state index contributed by atoms with van der Waals surface area (Å²) in [6.07, 6.45) is 1.35. The lowest BCUT2D eigenvalue weighted by Gasteiger charge is -2.13. The van der Waals surface area contributed by atoms with Crippen molar-refractivity contribution < 1.29 is 5.11 Å².